The van der Waals surface area contributed by atoms with E-state index in [1.807, 2.05) is 6.92 Å². The molecule has 0 fully saturated rings. The van der Waals surface area contributed by atoms with Crippen molar-refractivity contribution >= 4 is 5.97 Å². The summed E-state index contributed by atoms with van der Waals surface area (Å²) in [6.45, 7) is 1.86. The molecule has 1 atom stereocenters. The highest BCUT2D eigenvalue weighted by Crippen LogP contribution is 2.12. The van der Waals surface area contributed by atoms with Gasteiger partial charge >= 0.3 is 5.97 Å². The predicted molar refractivity (Wildman–Crippen MR) is 52.8 cm³/mol. The standard InChI is InChI=1S/C10H20O4/c1-8(10(11)14-4)6-5-7-9(12-2)13-3/h8-9H,5-7H2,1-4H3/t8-/m0/s1. The fraction of sp³-hybridized carbons (Fsp3) is 0.900. The largest absolute Gasteiger partial charge is 0.469 e. The molecule has 84 valence electrons. The minimum Gasteiger partial charge on any atom is -0.469 e. The minimum absolute atomic E-state index is 0.0469. The lowest BCUT2D eigenvalue weighted by Gasteiger charge is -2.14. The molecule has 0 radical (unpaired) electrons. The first-order chi connectivity index (χ1) is 6.65. The Kier molecular flexibility index (Phi) is 7.42. The lowest BCUT2D eigenvalue weighted by Crippen LogP contribution is -2.16. The van der Waals surface area contributed by atoms with Crippen LogP contribution in [-0.2, 0) is 19.0 Å². The highest BCUT2D eigenvalue weighted by Gasteiger charge is 2.13. The second-order valence-corrected chi connectivity index (χ2v) is 3.26. The van der Waals surface area contributed by atoms with Crippen LogP contribution in [0.15, 0.2) is 0 Å². The molecule has 0 heterocycles. The van der Waals surface area contributed by atoms with Gasteiger partial charge in [0.1, 0.15) is 0 Å². The van der Waals surface area contributed by atoms with E-state index < -0.39 is 0 Å². The van der Waals surface area contributed by atoms with Crippen molar-refractivity contribution in [3.8, 4) is 0 Å². The third-order valence-corrected chi connectivity index (χ3v) is 2.21. The van der Waals surface area contributed by atoms with Crippen molar-refractivity contribution in [1.82, 2.24) is 0 Å². The van der Waals surface area contributed by atoms with Crippen LogP contribution >= 0.6 is 0 Å². The molecule has 0 spiro atoms. The van der Waals surface area contributed by atoms with E-state index in [-0.39, 0.29) is 18.2 Å². The fourth-order valence-electron chi connectivity index (χ4n) is 1.24. The molecule has 0 aliphatic carbocycles. The second kappa shape index (κ2) is 7.76. The van der Waals surface area contributed by atoms with Gasteiger partial charge in [0.05, 0.1) is 13.0 Å². The molecule has 4 nitrogen and oxygen atoms in total. The van der Waals surface area contributed by atoms with Crippen molar-refractivity contribution < 1.29 is 19.0 Å². The summed E-state index contributed by atoms with van der Waals surface area (Å²) in [5, 5.41) is 0. The molecule has 0 amide bonds. The van der Waals surface area contributed by atoms with Crippen molar-refractivity contribution in [3.05, 3.63) is 0 Å². The van der Waals surface area contributed by atoms with E-state index in [1.165, 1.54) is 7.11 Å². The smallest absolute Gasteiger partial charge is 0.308 e. The van der Waals surface area contributed by atoms with Gasteiger partial charge in [0, 0.05) is 14.2 Å². The van der Waals surface area contributed by atoms with Crippen molar-refractivity contribution in [1.29, 1.82) is 0 Å². The molecule has 0 rings (SSSR count). The Balaban J connectivity index is 3.57. The number of carbonyl (C=O) groups excluding carboxylic acids is 1. The normalized spacial score (nSPS) is 12.9. The van der Waals surface area contributed by atoms with E-state index >= 15 is 0 Å². The molecular formula is C10H20O4. The van der Waals surface area contributed by atoms with Crippen molar-refractivity contribution in [2.75, 3.05) is 21.3 Å². The van der Waals surface area contributed by atoms with Gasteiger partial charge in [-0.1, -0.05) is 6.92 Å². The molecule has 0 unspecified atom stereocenters. The minimum atomic E-state index is -0.167. The Morgan fingerprint density at radius 2 is 1.71 bits per heavy atom. The van der Waals surface area contributed by atoms with Gasteiger partial charge in [0.15, 0.2) is 6.29 Å². The summed E-state index contributed by atoms with van der Waals surface area (Å²) in [6, 6.07) is 0. The van der Waals surface area contributed by atoms with Crippen LogP contribution in [0.1, 0.15) is 26.2 Å². The molecule has 14 heavy (non-hydrogen) atoms. The van der Waals surface area contributed by atoms with Crippen LogP contribution < -0.4 is 0 Å². The van der Waals surface area contributed by atoms with E-state index in [0.29, 0.717) is 0 Å². The van der Waals surface area contributed by atoms with Crippen LogP contribution in [0, 0.1) is 5.92 Å². The number of hydrogen-bond donors (Lipinski definition) is 0. The maximum atomic E-state index is 11.0. The highest BCUT2D eigenvalue weighted by atomic mass is 16.7. The molecule has 0 aromatic rings. The van der Waals surface area contributed by atoms with Gasteiger partial charge in [-0.15, -0.1) is 0 Å². The van der Waals surface area contributed by atoms with E-state index in [0.717, 1.165) is 19.3 Å². The topological polar surface area (TPSA) is 44.8 Å². The number of methoxy groups -OCH3 is 3. The molecule has 0 aliphatic heterocycles. The van der Waals surface area contributed by atoms with Crippen LogP contribution in [0.3, 0.4) is 0 Å². The summed E-state index contributed by atoms with van der Waals surface area (Å²) in [5.41, 5.74) is 0. The molecule has 0 aromatic heterocycles. The van der Waals surface area contributed by atoms with E-state index in [2.05, 4.69) is 4.74 Å². The van der Waals surface area contributed by atoms with Gasteiger partial charge in [0.2, 0.25) is 0 Å². The summed E-state index contributed by atoms with van der Waals surface area (Å²) >= 11 is 0. The molecule has 0 N–H and O–H groups in total. The van der Waals surface area contributed by atoms with E-state index in [1.54, 1.807) is 14.2 Å². The first-order valence-corrected chi connectivity index (χ1v) is 4.79. The van der Waals surface area contributed by atoms with Gasteiger partial charge < -0.3 is 14.2 Å². The van der Waals surface area contributed by atoms with Gasteiger partial charge in [-0.05, 0) is 19.3 Å². The Morgan fingerprint density at radius 1 is 1.14 bits per heavy atom. The summed E-state index contributed by atoms with van der Waals surface area (Å²) in [6.07, 6.45) is 2.33. The van der Waals surface area contributed by atoms with Crippen LogP contribution in [0.25, 0.3) is 0 Å². The summed E-state index contributed by atoms with van der Waals surface area (Å²) in [7, 11) is 4.63. The lowest BCUT2D eigenvalue weighted by atomic mass is 10.0. The van der Waals surface area contributed by atoms with Crippen molar-refractivity contribution in [2.45, 2.75) is 32.5 Å². The van der Waals surface area contributed by atoms with Gasteiger partial charge in [-0.25, -0.2) is 0 Å². The van der Waals surface area contributed by atoms with E-state index in [9.17, 15) is 4.79 Å². The van der Waals surface area contributed by atoms with Crippen LogP contribution in [0.5, 0.6) is 0 Å². The lowest BCUT2D eigenvalue weighted by molar-refractivity contribution is -0.145. The number of esters is 1. The molecule has 4 heteroatoms. The zero-order valence-corrected chi connectivity index (χ0v) is 9.41. The van der Waals surface area contributed by atoms with Gasteiger partial charge in [0.25, 0.3) is 0 Å². The summed E-state index contributed by atoms with van der Waals surface area (Å²) in [5.74, 6) is -0.203. The third-order valence-electron chi connectivity index (χ3n) is 2.21. The zero-order valence-electron chi connectivity index (χ0n) is 9.41. The Bertz CT molecular complexity index is 154. The molecular weight excluding hydrogens is 184 g/mol. The predicted octanol–water partition coefficient (Wildman–Crippen LogP) is 1.58. The molecule has 0 saturated heterocycles. The van der Waals surface area contributed by atoms with Crippen LogP contribution in [0.4, 0.5) is 0 Å². The third kappa shape index (κ3) is 5.19. The van der Waals surface area contributed by atoms with Gasteiger partial charge in [-0.2, -0.15) is 0 Å². The van der Waals surface area contributed by atoms with Crippen molar-refractivity contribution in [2.24, 2.45) is 5.92 Å². The molecule has 0 aromatic carbocycles. The quantitative estimate of drug-likeness (QED) is 0.466. The Hall–Kier alpha value is -0.610. The number of rotatable bonds is 7. The average Bonchev–Trinajstić information content (AvgIpc) is 2.22. The Morgan fingerprint density at radius 3 is 2.14 bits per heavy atom. The first kappa shape index (κ1) is 13.4. The maximum absolute atomic E-state index is 11.0. The number of hydrogen-bond acceptors (Lipinski definition) is 4. The maximum Gasteiger partial charge on any atom is 0.308 e. The highest BCUT2D eigenvalue weighted by molar-refractivity contribution is 5.71. The SMILES string of the molecule is COC(=O)[C@@H](C)CCCC(OC)OC. The number of ether oxygens (including phenoxy) is 3. The zero-order chi connectivity index (χ0) is 11.0. The molecule has 0 saturated carbocycles. The fourth-order valence-corrected chi connectivity index (χ4v) is 1.24. The van der Waals surface area contributed by atoms with E-state index in [4.69, 9.17) is 9.47 Å². The Labute approximate surface area is 85.5 Å². The molecule has 0 bridgehead atoms. The van der Waals surface area contributed by atoms with Crippen molar-refractivity contribution in [3.63, 3.8) is 0 Å². The van der Waals surface area contributed by atoms with Crippen LogP contribution in [0.2, 0.25) is 0 Å². The van der Waals surface area contributed by atoms with Gasteiger partial charge in [-0.3, -0.25) is 4.79 Å². The average molecular weight is 204 g/mol. The van der Waals surface area contributed by atoms with Crippen LogP contribution in [-0.4, -0.2) is 33.6 Å². The second-order valence-electron chi connectivity index (χ2n) is 3.26. The molecule has 0 aliphatic rings. The summed E-state index contributed by atoms with van der Waals surface area (Å²) in [4.78, 5) is 11.0. The monoisotopic (exact) mass is 204 g/mol. The first-order valence-electron chi connectivity index (χ1n) is 4.79. The summed E-state index contributed by atoms with van der Waals surface area (Å²) < 4.78 is 14.7. The number of carbonyl (C=O) groups is 1.